The van der Waals surface area contributed by atoms with E-state index in [4.69, 9.17) is 16.3 Å². The van der Waals surface area contributed by atoms with E-state index in [9.17, 15) is 0 Å². The van der Waals surface area contributed by atoms with E-state index in [1.54, 1.807) is 25.4 Å². The summed E-state index contributed by atoms with van der Waals surface area (Å²) in [5.41, 5.74) is 1.61. The van der Waals surface area contributed by atoms with E-state index in [0.717, 1.165) is 17.0 Å². The molecular formula is C12H12ClN3O. The van der Waals surface area contributed by atoms with Crippen LogP contribution < -0.4 is 4.74 Å². The number of pyridine rings is 1. The Labute approximate surface area is 105 Å². The van der Waals surface area contributed by atoms with Crippen LogP contribution >= 0.6 is 11.6 Å². The number of ether oxygens (including phenoxy) is 1. The Kier molecular flexibility index (Phi) is 3.54. The lowest BCUT2D eigenvalue weighted by molar-refractivity contribution is 0.339. The molecule has 2 aromatic heterocycles. The van der Waals surface area contributed by atoms with Gasteiger partial charge in [0.15, 0.2) is 0 Å². The van der Waals surface area contributed by atoms with Gasteiger partial charge in [0.25, 0.3) is 0 Å². The molecule has 4 nitrogen and oxygen atoms in total. The SMILES string of the molecule is CCOc1cncc(-c2cc(Cl)nc(C)n2)c1. The number of hydrogen-bond acceptors (Lipinski definition) is 4. The van der Waals surface area contributed by atoms with Gasteiger partial charge in [-0.1, -0.05) is 11.6 Å². The standard InChI is InChI=1S/C12H12ClN3O/c1-3-17-10-4-9(6-14-7-10)11-5-12(13)16-8(2)15-11/h4-7H,3H2,1-2H3. The van der Waals surface area contributed by atoms with Crippen molar-refractivity contribution in [2.45, 2.75) is 13.8 Å². The summed E-state index contributed by atoms with van der Waals surface area (Å²) in [5, 5.41) is 0.425. The molecule has 0 saturated carbocycles. The molecule has 0 aliphatic heterocycles. The molecule has 0 atom stereocenters. The fourth-order valence-corrected chi connectivity index (χ4v) is 1.71. The molecule has 2 heterocycles. The smallest absolute Gasteiger partial charge is 0.138 e. The Morgan fingerprint density at radius 1 is 1.24 bits per heavy atom. The van der Waals surface area contributed by atoms with Gasteiger partial charge in [-0.2, -0.15) is 0 Å². The van der Waals surface area contributed by atoms with Gasteiger partial charge >= 0.3 is 0 Å². The average molecular weight is 250 g/mol. The summed E-state index contributed by atoms with van der Waals surface area (Å²) < 4.78 is 5.39. The second kappa shape index (κ2) is 5.10. The predicted octanol–water partition coefficient (Wildman–Crippen LogP) is 2.90. The van der Waals surface area contributed by atoms with Crippen molar-refractivity contribution in [1.82, 2.24) is 15.0 Å². The predicted molar refractivity (Wildman–Crippen MR) is 66.2 cm³/mol. The molecule has 5 heteroatoms. The highest BCUT2D eigenvalue weighted by atomic mass is 35.5. The average Bonchev–Trinajstić information content (AvgIpc) is 2.28. The molecule has 88 valence electrons. The van der Waals surface area contributed by atoms with Crippen molar-refractivity contribution in [1.29, 1.82) is 0 Å². The van der Waals surface area contributed by atoms with Gasteiger partial charge in [0.1, 0.15) is 16.7 Å². The van der Waals surface area contributed by atoms with Crippen LogP contribution in [0.2, 0.25) is 5.15 Å². The van der Waals surface area contributed by atoms with Crippen LogP contribution in [0.4, 0.5) is 0 Å². The van der Waals surface area contributed by atoms with Crippen molar-refractivity contribution < 1.29 is 4.74 Å². The number of halogens is 1. The summed E-state index contributed by atoms with van der Waals surface area (Å²) in [7, 11) is 0. The molecule has 0 bridgehead atoms. The van der Waals surface area contributed by atoms with Gasteiger partial charge in [-0.3, -0.25) is 4.98 Å². The van der Waals surface area contributed by atoms with Crippen LogP contribution in [0.1, 0.15) is 12.7 Å². The molecule has 0 fully saturated rings. The molecule has 0 unspecified atom stereocenters. The van der Waals surface area contributed by atoms with Crippen LogP contribution in [0.25, 0.3) is 11.3 Å². The lowest BCUT2D eigenvalue weighted by Gasteiger charge is -2.05. The van der Waals surface area contributed by atoms with E-state index in [-0.39, 0.29) is 0 Å². The first-order chi connectivity index (χ1) is 8.19. The first-order valence-corrected chi connectivity index (χ1v) is 5.66. The molecular weight excluding hydrogens is 238 g/mol. The third-order valence-corrected chi connectivity index (χ3v) is 2.32. The van der Waals surface area contributed by atoms with Crippen LogP contribution in [-0.4, -0.2) is 21.6 Å². The fraction of sp³-hybridized carbons (Fsp3) is 0.250. The highest BCUT2D eigenvalue weighted by Gasteiger charge is 2.05. The van der Waals surface area contributed by atoms with E-state index in [1.165, 1.54) is 0 Å². The fourth-order valence-electron chi connectivity index (χ4n) is 1.48. The Bertz CT molecular complexity index is 511. The van der Waals surface area contributed by atoms with Gasteiger partial charge in [0.05, 0.1) is 18.5 Å². The summed E-state index contributed by atoms with van der Waals surface area (Å²) in [5.74, 6) is 1.35. The minimum absolute atomic E-state index is 0.425. The van der Waals surface area contributed by atoms with E-state index >= 15 is 0 Å². The van der Waals surface area contributed by atoms with Crippen molar-refractivity contribution in [3.05, 3.63) is 35.5 Å². The maximum atomic E-state index is 5.90. The highest BCUT2D eigenvalue weighted by molar-refractivity contribution is 6.29. The number of aromatic nitrogens is 3. The number of nitrogens with zero attached hydrogens (tertiary/aromatic N) is 3. The van der Waals surface area contributed by atoms with Gasteiger partial charge in [0, 0.05) is 17.8 Å². The van der Waals surface area contributed by atoms with Crippen molar-refractivity contribution in [2.75, 3.05) is 6.61 Å². The van der Waals surface area contributed by atoms with Crippen molar-refractivity contribution in [3.63, 3.8) is 0 Å². The normalized spacial score (nSPS) is 10.3. The van der Waals surface area contributed by atoms with Crippen molar-refractivity contribution in [3.8, 4) is 17.0 Å². The Balaban J connectivity index is 2.41. The van der Waals surface area contributed by atoms with Crippen LogP contribution in [0, 0.1) is 6.92 Å². The molecule has 0 spiro atoms. The zero-order valence-electron chi connectivity index (χ0n) is 9.64. The van der Waals surface area contributed by atoms with Crippen LogP contribution in [0.15, 0.2) is 24.5 Å². The first-order valence-electron chi connectivity index (χ1n) is 5.28. The lowest BCUT2D eigenvalue weighted by Crippen LogP contribution is -1.95. The minimum atomic E-state index is 0.425. The second-order valence-corrected chi connectivity index (χ2v) is 3.85. The summed E-state index contributed by atoms with van der Waals surface area (Å²) in [6.45, 7) is 4.34. The summed E-state index contributed by atoms with van der Waals surface area (Å²) in [4.78, 5) is 12.4. The maximum absolute atomic E-state index is 5.90. The van der Waals surface area contributed by atoms with Crippen LogP contribution in [0.5, 0.6) is 5.75 Å². The molecule has 2 aromatic rings. The first kappa shape index (κ1) is 11.8. The van der Waals surface area contributed by atoms with E-state index in [0.29, 0.717) is 17.6 Å². The topological polar surface area (TPSA) is 47.9 Å². The minimum Gasteiger partial charge on any atom is -0.492 e. The molecule has 0 aliphatic rings. The van der Waals surface area contributed by atoms with Gasteiger partial charge in [-0.25, -0.2) is 9.97 Å². The molecule has 0 saturated heterocycles. The Hall–Kier alpha value is -1.68. The number of aryl methyl sites for hydroxylation is 1. The van der Waals surface area contributed by atoms with Gasteiger partial charge < -0.3 is 4.74 Å². The lowest BCUT2D eigenvalue weighted by atomic mass is 10.2. The molecule has 2 rings (SSSR count). The zero-order chi connectivity index (χ0) is 12.3. The van der Waals surface area contributed by atoms with Crippen molar-refractivity contribution in [2.24, 2.45) is 0 Å². The zero-order valence-corrected chi connectivity index (χ0v) is 10.4. The van der Waals surface area contributed by atoms with Crippen LogP contribution in [-0.2, 0) is 0 Å². The molecule has 0 amide bonds. The largest absolute Gasteiger partial charge is 0.492 e. The van der Waals surface area contributed by atoms with E-state index in [2.05, 4.69) is 15.0 Å². The molecule has 0 N–H and O–H groups in total. The third kappa shape index (κ3) is 2.91. The second-order valence-electron chi connectivity index (χ2n) is 3.47. The van der Waals surface area contributed by atoms with E-state index in [1.807, 2.05) is 13.0 Å². The van der Waals surface area contributed by atoms with Gasteiger partial charge in [-0.15, -0.1) is 0 Å². The van der Waals surface area contributed by atoms with Gasteiger partial charge in [0.2, 0.25) is 0 Å². The van der Waals surface area contributed by atoms with Gasteiger partial charge in [-0.05, 0) is 19.9 Å². The Morgan fingerprint density at radius 2 is 2.06 bits per heavy atom. The third-order valence-electron chi connectivity index (χ3n) is 2.13. The quantitative estimate of drug-likeness (QED) is 0.785. The monoisotopic (exact) mass is 249 g/mol. The number of rotatable bonds is 3. The highest BCUT2D eigenvalue weighted by Crippen LogP contribution is 2.22. The summed E-state index contributed by atoms with van der Waals surface area (Å²) >= 11 is 5.90. The molecule has 0 aromatic carbocycles. The van der Waals surface area contributed by atoms with Crippen molar-refractivity contribution >= 4 is 11.6 Å². The van der Waals surface area contributed by atoms with E-state index < -0.39 is 0 Å². The molecule has 17 heavy (non-hydrogen) atoms. The number of hydrogen-bond donors (Lipinski definition) is 0. The summed E-state index contributed by atoms with van der Waals surface area (Å²) in [6, 6.07) is 3.59. The molecule has 0 radical (unpaired) electrons. The Morgan fingerprint density at radius 3 is 2.76 bits per heavy atom. The molecule has 0 aliphatic carbocycles. The summed E-state index contributed by atoms with van der Waals surface area (Å²) in [6.07, 6.45) is 3.39. The van der Waals surface area contributed by atoms with Crippen LogP contribution in [0.3, 0.4) is 0 Å². The maximum Gasteiger partial charge on any atom is 0.138 e.